The van der Waals surface area contributed by atoms with Gasteiger partial charge in [-0.25, -0.2) is 18.2 Å². The van der Waals surface area contributed by atoms with Crippen LogP contribution in [0.2, 0.25) is 0 Å². The number of nitrogens with two attached hydrogens (primary N) is 1. The largest absolute Gasteiger partial charge is 0.381 e. The molecule has 7 heteroatoms. The first-order valence-electron chi connectivity index (χ1n) is 7.25. The average molecular weight is 332 g/mol. The third kappa shape index (κ3) is 3.18. The van der Waals surface area contributed by atoms with E-state index in [0.717, 1.165) is 18.2 Å². The van der Waals surface area contributed by atoms with Crippen molar-refractivity contribution in [1.29, 1.82) is 5.26 Å². The molecule has 24 heavy (non-hydrogen) atoms. The molecule has 0 spiro atoms. The zero-order valence-corrected chi connectivity index (χ0v) is 13.1. The summed E-state index contributed by atoms with van der Waals surface area (Å²) >= 11 is 0. The monoisotopic (exact) mass is 332 g/mol. The number of aromatic amines is 1. The molecule has 0 radical (unpaired) electrons. The van der Waals surface area contributed by atoms with E-state index in [4.69, 9.17) is 11.0 Å². The van der Waals surface area contributed by atoms with Gasteiger partial charge in [-0.2, -0.15) is 5.26 Å². The minimum absolute atomic E-state index is 0.0626. The number of hydrogen-bond acceptors (Lipinski definition) is 3. The van der Waals surface area contributed by atoms with Crippen LogP contribution in [-0.4, -0.2) is 9.97 Å². The maximum atomic E-state index is 13.7. The summed E-state index contributed by atoms with van der Waals surface area (Å²) in [6.45, 7) is 4.25. The first kappa shape index (κ1) is 17.3. The van der Waals surface area contributed by atoms with Gasteiger partial charge in [0.25, 0.3) is 0 Å². The van der Waals surface area contributed by atoms with Gasteiger partial charge < -0.3 is 10.7 Å². The molecular weight excluding hydrogens is 317 g/mol. The van der Waals surface area contributed by atoms with E-state index in [0.29, 0.717) is 0 Å². The van der Waals surface area contributed by atoms with Gasteiger partial charge in [0.1, 0.15) is 17.7 Å². The number of pyridine rings is 1. The number of nitrogen functional groups attached to an aromatic ring is 1. The van der Waals surface area contributed by atoms with E-state index in [9.17, 15) is 13.2 Å². The van der Waals surface area contributed by atoms with Crippen molar-refractivity contribution in [1.82, 2.24) is 9.97 Å². The zero-order valence-electron chi connectivity index (χ0n) is 13.1. The third-order valence-corrected chi connectivity index (χ3v) is 3.08. The molecule has 0 fully saturated rings. The second-order valence-electron chi connectivity index (χ2n) is 5.08. The molecule has 0 unspecified atom stereocenters. The number of benzene rings is 1. The lowest BCUT2D eigenvalue weighted by Crippen LogP contribution is -1.99. The number of hydrogen-bond donors (Lipinski definition) is 2. The Kier molecular flexibility index (Phi) is 5.09. The van der Waals surface area contributed by atoms with Gasteiger partial charge in [-0.05, 0) is 12.1 Å². The number of H-pyrrole nitrogens is 1. The van der Waals surface area contributed by atoms with Gasteiger partial charge in [-0.3, -0.25) is 0 Å². The molecule has 2 heterocycles. The van der Waals surface area contributed by atoms with Crippen LogP contribution in [-0.2, 0) is 0 Å². The Morgan fingerprint density at radius 1 is 1.17 bits per heavy atom. The molecule has 2 aromatic heterocycles. The fraction of sp³-hybridized carbons (Fsp3) is 0.176. The standard InChI is InChI=1S/C14H7F3N4.C3H8/c15-7-2-8-9(5-20-13(8)10(16)3-7)12-6(4-18)1-11(17)14(19)21-12;1-3-2/h1-3,5,20H,(H2,19,21);3H2,1-2H3. The highest BCUT2D eigenvalue weighted by molar-refractivity contribution is 5.96. The number of nitrogens with zero attached hydrogens (tertiary/aromatic N) is 2. The van der Waals surface area contributed by atoms with Crippen molar-refractivity contribution >= 4 is 16.7 Å². The van der Waals surface area contributed by atoms with Gasteiger partial charge >= 0.3 is 0 Å². The summed E-state index contributed by atoms with van der Waals surface area (Å²) < 4.78 is 40.4. The van der Waals surface area contributed by atoms with Crippen LogP contribution in [0.25, 0.3) is 22.2 Å². The lowest BCUT2D eigenvalue weighted by atomic mass is 10.0. The number of nitriles is 1. The summed E-state index contributed by atoms with van der Waals surface area (Å²) in [6, 6.07) is 4.56. The second-order valence-corrected chi connectivity index (χ2v) is 5.08. The Balaban J connectivity index is 0.000000647. The maximum absolute atomic E-state index is 13.7. The van der Waals surface area contributed by atoms with Crippen LogP contribution in [0.4, 0.5) is 19.0 Å². The van der Waals surface area contributed by atoms with E-state index in [1.165, 1.54) is 12.6 Å². The van der Waals surface area contributed by atoms with Crippen LogP contribution in [0, 0.1) is 28.8 Å². The van der Waals surface area contributed by atoms with Crippen LogP contribution in [0.5, 0.6) is 0 Å². The number of nitrogens with one attached hydrogen (secondary N) is 1. The smallest absolute Gasteiger partial charge is 0.166 e. The molecule has 0 bridgehead atoms. The van der Waals surface area contributed by atoms with Crippen molar-refractivity contribution in [3.05, 3.63) is 47.4 Å². The van der Waals surface area contributed by atoms with Crippen LogP contribution in [0.15, 0.2) is 24.4 Å². The molecule has 0 saturated carbocycles. The highest BCUT2D eigenvalue weighted by Crippen LogP contribution is 2.32. The molecule has 1 aromatic carbocycles. The van der Waals surface area contributed by atoms with E-state index in [1.807, 2.05) is 0 Å². The summed E-state index contributed by atoms with van der Waals surface area (Å²) in [4.78, 5) is 6.45. The normalized spacial score (nSPS) is 10.2. The molecule has 3 N–H and O–H groups in total. The zero-order chi connectivity index (χ0) is 17.9. The quantitative estimate of drug-likeness (QED) is 0.688. The van der Waals surface area contributed by atoms with E-state index >= 15 is 0 Å². The molecule has 0 amide bonds. The van der Waals surface area contributed by atoms with Crippen molar-refractivity contribution in [2.75, 3.05) is 5.73 Å². The Bertz CT molecular complexity index is 926. The number of anilines is 1. The average Bonchev–Trinajstić information content (AvgIpc) is 2.94. The molecule has 0 saturated heterocycles. The summed E-state index contributed by atoms with van der Waals surface area (Å²) in [5.74, 6) is -2.76. The van der Waals surface area contributed by atoms with Crippen LogP contribution >= 0.6 is 0 Å². The second kappa shape index (κ2) is 7.04. The van der Waals surface area contributed by atoms with Gasteiger partial charge in [0, 0.05) is 23.2 Å². The van der Waals surface area contributed by atoms with E-state index < -0.39 is 23.3 Å². The summed E-state index contributed by atoms with van der Waals surface area (Å²) in [5.41, 5.74) is 5.73. The first-order valence-corrected chi connectivity index (χ1v) is 7.25. The summed E-state index contributed by atoms with van der Waals surface area (Å²) in [7, 11) is 0. The highest BCUT2D eigenvalue weighted by atomic mass is 19.1. The predicted molar refractivity (Wildman–Crippen MR) is 86.5 cm³/mol. The molecule has 3 aromatic rings. The minimum Gasteiger partial charge on any atom is -0.381 e. The fourth-order valence-corrected chi connectivity index (χ4v) is 2.14. The number of fused-ring (bicyclic) bond motifs is 1. The molecule has 0 atom stereocenters. The molecule has 4 nitrogen and oxygen atoms in total. The van der Waals surface area contributed by atoms with Crippen molar-refractivity contribution < 1.29 is 13.2 Å². The summed E-state index contributed by atoms with van der Waals surface area (Å²) in [6.07, 6.45) is 2.62. The SMILES string of the molecule is CCC.N#Cc1cc(F)c(N)nc1-c1c[nH]c2c(F)cc(F)cc12. The van der Waals surface area contributed by atoms with Gasteiger partial charge in [-0.15, -0.1) is 0 Å². The molecule has 0 aliphatic heterocycles. The van der Waals surface area contributed by atoms with Crippen LogP contribution < -0.4 is 5.73 Å². The Morgan fingerprint density at radius 3 is 2.46 bits per heavy atom. The van der Waals surface area contributed by atoms with Gasteiger partial charge in [0.2, 0.25) is 0 Å². The van der Waals surface area contributed by atoms with E-state index in [1.54, 1.807) is 6.07 Å². The topological polar surface area (TPSA) is 78.5 Å². The first-order chi connectivity index (χ1) is 11.4. The van der Waals surface area contributed by atoms with E-state index in [2.05, 4.69) is 23.8 Å². The van der Waals surface area contributed by atoms with Gasteiger partial charge in [-0.1, -0.05) is 20.3 Å². The lowest BCUT2D eigenvalue weighted by molar-refractivity contribution is 0.591. The molecule has 0 aliphatic carbocycles. The van der Waals surface area contributed by atoms with Gasteiger partial charge in [0.05, 0.1) is 16.8 Å². The Morgan fingerprint density at radius 2 is 1.83 bits per heavy atom. The lowest BCUT2D eigenvalue weighted by Gasteiger charge is -2.04. The molecule has 0 aliphatic rings. The predicted octanol–water partition coefficient (Wildman–Crippen LogP) is 4.52. The number of rotatable bonds is 1. The van der Waals surface area contributed by atoms with Crippen molar-refractivity contribution in [3.8, 4) is 17.3 Å². The Labute approximate surface area is 136 Å². The molecular formula is C17H15F3N4. The minimum atomic E-state index is -0.826. The van der Waals surface area contributed by atoms with Gasteiger partial charge in [0.15, 0.2) is 11.6 Å². The van der Waals surface area contributed by atoms with Crippen molar-refractivity contribution in [3.63, 3.8) is 0 Å². The maximum Gasteiger partial charge on any atom is 0.166 e. The van der Waals surface area contributed by atoms with E-state index in [-0.39, 0.29) is 27.7 Å². The Hall–Kier alpha value is -3.01. The van der Waals surface area contributed by atoms with Crippen LogP contribution in [0.3, 0.4) is 0 Å². The van der Waals surface area contributed by atoms with Crippen molar-refractivity contribution in [2.24, 2.45) is 0 Å². The molecule has 124 valence electrons. The summed E-state index contributed by atoms with van der Waals surface area (Å²) in [5, 5.41) is 9.25. The number of aromatic nitrogens is 2. The van der Waals surface area contributed by atoms with Crippen molar-refractivity contribution in [2.45, 2.75) is 20.3 Å². The fourth-order valence-electron chi connectivity index (χ4n) is 2.14. The third-order valence-electron chi connectivity index (χ3n) is 3.08. The molecule has 3 rings (SSSR count). The highest BCUT2D eigenvalue weighted by Gasteiger charge is 2.17. The van der Waals surface area contributed by atoms with Crippen LogP contribution in [0.1, 0.15) is 25.8 Å². The number of halogens is 3.